The minimum atomic E-state index is -1.82. The third-order valence-corrected chi connectivity index (χ3v) is 3.58. The zero-order valence-electron chi connectivity index (χ0n) is 15.7. The summed E-state index contributed by atoms with van der Waals surface area (Å²) in [6, 6.07) is 7.38. The van der Waals surface area contributed by atoms with Crippen LogP contribution in [0.2, 0.25) is 0 Å². The van der Waals surface area contributed by atoms with E-state index < -0.39 is 11.9 Å². The van der Waals surface area contributed by atoms with E-state index in [2.05, 4.69) is 29.2 Å². The minimum Gasteiger partial charge on any atom is -0.473 e. The second kappa shape index (κ2) is 13.3. The van der Waals surface area contributed by atoms with E-state index in [4.69, 9.17) is 19.8 Å². The van der Waals surface area contributed by atoms with Crippen molar-refractivity contribution >= 4 is 23.8 Å². The molecule has 0 aromatic heterocycles. The van der Waals surface area contributed by atoms with Crippen LogP contribution < -0.4 is 10.6 Å². The number of carboxylic acids is 2. The lowest BCUT2D eigenvalue weighted by Crippen LogP contribution is -2.38. The molecule has 0 saturated carbocycles. The van der Waals surface area contributed by atoms with E-state index in [1.807, 2.05) is 0 Å². The highest BCUT2D eigenvalue weighted by atomic mass is 16.5. The molecule has 1 rings (SSSR count). The molecule has 4 N–H and O–H groups in total. The topological polar surface area (TPSA) is 142 Å². The molecule has 1 aromatic carbocycles. The zero-order valence-corrected chi connectivity index (χ0v) is 15.7. The number of carbonyl (C=O) groups excluding carboxylic acids is 2. The summed E-state index contributed by atoms with van der Waals surface area (Å²) in [6.07, 6.45) is 2.03. The van der Waals surface area contributed by atoms with Gasteiger partial charge in [0.05, 0.1) is 19.2 Å². The Morgan fingerprint density at radius 3 is 1.93 bits per heavy atom. The van der Waals surface area contributed by atoms with Crippen molar-refractivity contribution in [3.8, 4) is 0 Å². The molecular weight excluding hydrogens is 356 g/mol. The second-order valence-electron chi connectivity index (χ2n) is 5.47. The standard InChI is InChI=1S/C16H24N2O3.C2H2O4/c1-4-14(5-2)17-11-15(19)18-10-12-6-8-13(9-7-12)16(20)21-3;3-1(4)2(5)6/h6-9,14,17H,4-5,10-11H2,1-3H3,(H,18,19);(H,3,4)(H,5,6). The summed E-state index contributed by atoms with van der Waals surface area (Å²) in [4.78, 5) is 41.2. The van der Waals surface area contributed by atoms with Crippen LogP contribution in [0.15, 0.2) is 24.3 Å². The number of amides is 1. The number of hydrogen-bond donors (Lipinski definition) is 4. The highest BCUT2D eigenvalue weighted by Gasteiger charge is 2.07. The number of ether oxygens (including phenoxy) is 1. The van der Waals surface area contributed by atoms with E-state index in [0.717, 1.165) is 18.4 Å². The zero-order chi connectivity index (χ0) is 20.8. The van der Waals surface area contributed by atoms with Gasteiger partial charge in [0, 0.05) is 12.6 Å². The van der Waals surface area contributed by atoms with Crippen molar-refractivity contribution in [1.82, 2.24) is 10.6 Å². The maximum Gasteiger partial charge on any atom is 0.414 e. The average Bonchev–Trinajstić information content (AvgIpc) is 2.67. The first-order valence-electron chi connectivity index (χ1n) is 8.38. The van der Waals surface area contributed by atoms with Crippen molar-refractivity contribution in [2.45, 2.75) is 39.3 Å². The van der Waals surface area contributed by atoms with Crippen LogP contribution in [0.5, 0.6) is 0 Å². The first-order chi connectivity index (χ1) is 12.7. The molecule has 9 heteroatoms. The lowest BCUT2D eigenvalue weighted by molar-refractivity contribution is -0.159. The SMILES string of the molecule is CCC(CC)NCC(=O)NCc1ccc(C(=O)OC)cc1.O=C(O)C(=O)O. The predicted octanol–water partition coefficient (Wildman–Crippen LogP) is 1.02. The summed E-state index contributed by atoms with van der Waals surface area (Å²) in [5.41, 5.74) is 1.45. The minimum absolute atomic E-state index is 0.0288. The Balaban J connectivity index is 0.000000972. The van der Waals surface area contributed by atoms with E-state index in [1.54, 1.807) is 24.3 Å². The van der Waals surface area contributed by atoms with Gasteiger partial charge in [-0.2, -0.15) is 0 Å². The van der Waals surface area contributed by atoms with Crippen molar-refractivity contribution in [3.05, 3.63) is 35.4 Å². The summed E-state index contributed by atoms with van der Waals surface area (Å²) >= 11 is 0. The largest absolute Gasteiger partial charge is 0.473 e. The summed E-state index contributed by atoms with van der Waals surface area (Å²) in [6.45, 7) is 4.97. The van der Waals surface area contributed by atoms with Gasteiger partial charge in [-0.25, -0.2) is 14.4 Å². The Morgan fingerprint density at radius 1 is 1.00 bits per heavy atom. The smallest absolute Gasteiger partial charge is 0.414 e. The molecule has 0 unspecified atom stereocenters. The van der Waals surface area contributed by atoms with Crippen LogP contribution in [0.4, 0.5) is 0 Å². The van der Waals surface area contributed by atoms with Gasteiger partial charge in [0.15, 0.2) is 0 Å². The van der Waals surface area contributed by atoms with E-state index >= 15 is 0 Å². The Labute approximate surface area is 157 Å². The maximum absolute atomic E-state index is 11.7. The molecule has 0 bridgehead atoms. The van der Waals surface area contributed by atoms with Crippen LogP contribution in [-0.2, 0) is 25.7 Å². The summed E-state index contributed by atoms with van der Waals surface area (Å²) in [7, 11) is 1.35. The lowest BCUT2D eigenvalue weighted by Gasteiger charge is -2.14. The number of aliphatic carboxylic acids is 2. The molecule has 0 heterocycles. The first kappa shape index (κ1) is 24.1. The van der Waals surface area contributed by atoms with Crippen molar-refractivity contribution in [3.63, 3.8) is 0 Å². The van der Waals surface area contributed by atoms with Crippen LogP contribution in [0.25, 0.3) is 0 Å². The quantitative estimate of drug-likeness (QED) is 0.386. The number of benzene rings is 1. The fraction of sp³-hybridized carbons (Fsp3) is 0.444. The molecule has 27 heavy (non-hydrogen) atoms. The fourth-order valence-electron chi connectivity index (χ4n) is 1.95. The van der Waals surface area contributed by atoms with Gasteiger partial charge in [-0.15, -0.1) is 0 Å². The Morgan fingerprint density at radius 2 is 1.52 bits per heavy atom. The van der Waals surface area contributed by atoms with Crippen LogP contribution in [0, 0.1) is 0 Å². The van der Waals surface area contributed by atoms with Gasteiger partial charge in [0.2, 0.25) is 5.91 Å². The van der Waals surface area contributed by atoms with E-state index in [-0.39, 0.29) is 11.9 Å². The van der Waals surface area contributed by atoms with Gasteiger partial charge < -0.3 is 25.6 Å². The Bertz CT molecular complexity index is 613. The number of methoxy groups -OCH3 is 1. The predicted molar refractivity (Wildman–Crippen MR) is 97.3 cm³/mol. The molecule has 0 radical (unpaired) electrons. The van der Waals surface area contributed by atoms with Gasteiger partial charge in [-0.1, -0.05) is 26.0 Å². The van der Waals surface area contributed by atoms with Gasteiger partial charge in [-0.3, -0.25) is 4.79 Å². The van der Waals surface area contributed by atoms with Gasteiger partial charge in [-0.05, 0) is 30.5 Å². The van der Waals surface area contributed by atoms with Crippen molar-refractivity contribution in [2.24, 2.45) is 0 Å². The molecule has 0 fully saturated rings. The van der Waals surface area contributed by atoms with Crippen molar-refractivity contribution in [1.29, 1.82) is 0 Å². The summed E-state index contributed by atoms with van der Waals surface area (Å²) in [5, 5.41) is 20.8. The molecule has 1 amide bonds. The normalized spacial score (nSPS) is 9.78. The highest BCUT2D eigenvalue weighted by molar-refractivity contribution is 6.27. The molecule has 0 saturated heterocycles. The Kier molecular flexibility index (Phi) is 11.8. The number of carbonyl (C=O) groups is 4. The third-order valence-electron chi connectivity index (χ3n) is 3.58. The van der Waals surface area contributed by atoms with Gasteiger partial charge in [0.1, 0.15) is 0 Å². The number of rotatable bonds is 8. The molecule has 0 aliphatic heterocycles. The van der Waals surface area contributed by atoms with E-state index in [0.29, 0.717) is 24.7 Å². The van der Waals surface area contributed by atoms with Crippen molar-refractivity contribution < 1.29 is 34.1 Å². The molecule has 0 atom stereocenters. The fourth-order valence-corrected chi connectivity index (χ4v) is 1.95. The van der Waals surface area contributed by atoms with E-state index in [1.165, 1.54) is 7.11 Å². The molecular formula is C18H26N2O7. The maximum atomic E-state index is 11.7. The lowest BCUT2D eigenvalue weighted by atomic mass is 10.1. The molecule has 150 valence electrons. The van der Waals surface area contributed by atoms with Crippen LogP contribution >= 0.6 is 0 Å². The Hall–Kier alpha value is -2.94. The van der Waals surface area contributed by atoms with Crippen molar-refractivity contribution in [2.75, 3.05) is 13.7 Å². The molecule has 0 aliphatic carbocycles. The number of hydrogen-bond acceptors (Lipinski definition) is 6. The number of nitrogens with one attached hydrogen (secondary N) is 2. The van der Waals surface area contributed by atoms with Crippen LogP contribution in [-0.4, -0.2) is 53.7 Å². The van der Waals surface area contributed by atoms with Crippen LogP contribution in [0.3, 0.4) is 0 Å². The molecule has 0 aliphatic rings. The average molecular weight is 382 g/mol. The van der Waals surface area contributed by atoms with Crippen LogP contribution in [0.1, 0.15) is 42.6 Å². The third kappa shape index (κ3) is 10.6. The molecule has 9 nitrogen and oxygen atoms in total. The second-order valence-corrected chi connectivity index (χ2v) is 5.47. The van der Waals surface area contributed by atoms with Gasteiger partial charge >= 0.3 is 17.9 Å². The molecule has 0 spiro atoms. The number of esters is 1. The highest BCUT2D eigenvalue weighted by Crippen LogP contribution is 2.05. The molecule has 1 aromatic rings. The summed E-state index contributed by atoms with van der Waals surface area (Å²) < 4.78 is 4.63. The number of carboxylic acid groups (broad SMARTS) is 2. The first-order valence-corrected chi connectivity index (χ1v) is 8.38. The monoisotopic (exact) mass is 382 g/mol. The van der Waals surface area contributed by atoms with Gasteiger partial charge in [0.25, 0.3) is 0 Å². The van der Waals surface area contributed by atoms with E-state index in [9.17, 15) is 9.59 Å². The summed E-state index contributed by atoms with van der Waals surface area (Å²) in [5.74, 6) is -4.04.